The smallest absolute Gasteiger partial charge is 0.305 e. The van der Waals surface area contributed by atoms with Crippen LogP contribution in [0.4, 0.5) is 0 Å². The molecule has 0 radical (unpaired) electrons. The van der Waals surface area contributed by atoms with Crippen molar-refractivity contribution in [2.75, 3.05) is 13.1 Å². The van der Waals surface area contributed by atoms with E-state index in [-0.39, 0.29) is 5.54 Å². The van der Waals surface area contributed by atoms with Gasteiger partial charge in [0.15, 0.2) is 0 Å². The van der Waals surface area contributed by atoms with Crippen LogP contribution in [0, 0.1) is 5.92 Å². The Bertz CT molecular complexity index is 300. The van der Waals surface area contributed by atoms with E-state index < -0.39 is 5.97 Å². The molecule has 0 aromatic rings. The monoisotopic (exact) mass is 281 g/mol. The standard InChI is InChI=1S/C17H31NO2/c1-2-7-15-8-10-17(11-9-15,14-16(19)20)18-12-5-3-4-6-13-18/h15H,2-14H2,1H3,(H,19,20). The van der Waals surface area contributed by atoms with Gasteiger partial charge in [0.25, 0.3) is 0 Å². The SMILES string of the molecule is CCCC1CCC(CC(=O)O)(N2CCCCCC2)CC1. The van der Waals surface area contributed by atoms with E-state index in [2.05, 4.69) is 11.8 Å². The van der Waals surface area contributed by atoms with Crippen LogP contribution in [0.2, 0.25) is 0 Å². The number of rotatable bonds is 5. The molecule has 0 aromatic carbocycles. The molecule has 1 N–H and O–H groups in total. The zero-order valence-corrected chi connectivity index (χ0v) is 13.1. The normalized spacial score (nSPS) is 32.8. The first-order valence-electron chi connectivity index (χ1n) is 8.63. The molecule has 0 amide bonds. The van der Waals surface area contributed by atoms with Gasteiger partial charge in [-0.15, -0.1) is 0 Å². The molecule has 0 atom stereocenters. The quantitative estimate of drug-likeness (QED) is 0.826. The summed E-state index contributed by atoms with van der Waals surface area (Å²) in [5.41, 5.74) is -0.0274. The molecule has 0 spiro atoms. The van der Waals surface area contributed by atoms with E-state index in [9.17, 15) is 9.90 Å². The maximum atomic E-state index is 11.4. The van der Waals surface area contributed by atoms with Gasteiger partial charge >= 0.3 is 5.97 Å². The molecule has 0 unspecified atom stereocenters. The second kappa shape index (κ2) is 7.44. The summed E-state index contributed by atoms with van der Waals surface area (Å²) in [7, 11) is 0. The lowest BCUT2D eigenvalue weighted by Crippen LogP contribution is -2.52. The van der Waals surface area contributed by atoms with Crippen molar-refractivity contribution in [2.45, 2.75) is 83.1 Å². The van der Waals surface area contributed by atoms with Crippen molar-refractivity contribution in [3.8, 4) is 0 Å². The lowest BCUT2D eigenvalue weighted by Gasteiger charge is -2.47. The van der Waals surface area contributed by atoms with Gasteiger partial charge in [0.05, 0.1) is 6.42 Å². The summed E-state index contributed by atoms with van der Waals surface area (Å²) in [5.74, 6) is 0.233. The molecule has 2 rings (SSSR count). The lowest BCUT2D eigenvalue weighted by molar-refractivity contribution is -0.141. The molecular weight excluding hydrogens is 250 g/mol. The number of hydrogen-bond donors (Lipinski definition) is 1. The van der Waals surface area contributed by atoms with Gasteiger partial charge in [0.2, 0.25) is 0 Å². The second-order valence-corrected chi connectivity index (χ2v) is 6.93. The van der Waals surface area contributed by atoms with Gasteiger partial charge in [-0.3, -0.25) is 9.69 Å². The lowest BCUT2D eigenvalue weighted by atomic mass is 9.72. The number of nitrogens with zero attached hydrogens (tertiary/aromatic N) is 1. The third-order valence-electron chi connectivity index (χ3n) is 5.49. The molecule has 0 aromatic heterocycles. The second-order valence-electron chi connectivity index (χ2n) is 6.93. The molecule has 1 heterocycles. The van der Waals surface area contributed by atoms with E-state index in [4.69, 9.17) is 0 Å². The van der Waals surface area contributed by atoms with Gasteiger partial charge in [0.1, 0.15) is 0 Å². The van der Waals surface area contributed by atoms with Gasteiger partial charge in [-0.1, -0.05) is 32.6 Å². The van der Waals surface area contributed by atoms with Crippen molar-refractivity contribution in [1.82, 2.24) is 4.90 Å². The minimum Gasteiger partial charge on any atom is -0.481 e. The van der Waals surface area contributed by atoms with Crippen molar-refractivity contribution in [1.29, 1.82) is 0 Å². The first kappa shape index (κ1) is 15.8. The molecule has 0 bridgehead atoms. The molecule has 3 heteroatoms. The molecule has 116 valence electrons. The largest absolute Gasteiger partial charge is 0.481 e. The Morgan fingerprint density at radius 2 is 1.75 bits per heavy atom. The van der Waals surface area contributed by atoms with E-state index in [1.54, 1.807) is 0 Å². The van der Waals surface area contributed by atoms with Crippen molar-refractivity contribution in [3.05, 3.63) is 0 Å². The van der Waals surface area contributed by atoms with E-state index in [1.165, 1.54) is 51.4 Å². The number of likely N-dealkylation sites (tertiary alicyclic amines) is 1. The number of carboxylic acids is 1. The number of aliphatic carboxylic acids is 1. The summed E-state index contributed by atoms with van der Waals surface area (Å²) in [6.07, 6.45) is 12.7. The third kappa shape index (κ3) is 3.97. The zero-order valence-electron chi connectivity index (χ0n) is 13.1. The van der Waals surface area contributed by atoms with Gasteiger partial charge < -0.3 is 5.11 Å². The first-order chi connectivity index (χ1) is 9.66. The summed E-state index contributed by atoms with van der Waals surface area (Å²) >= 11 is 0. The van der Waals surface area contributed by atoms with E-state index >= 15 is 0 Å². The molecule has 2 aliphatic rings. The number of hydrogen-bond acceptors (Lipinski definition) is 2. The van der Waals surface area contributed by atoms with Crippen LogP contribution < -0.4 is 0 Å². The van der Waals surface area contributed by atoms with E-state index in [1.807, 2.05) is 0 Å². The van der Waals surface area contributed by atoms with Crippen LogP contribution >= 0.6 is 0 Å². The summed E-state index contributed by atoms with van der Waals surface area (Å²) in [4.78, 5) is 13.9. The fourth-order valence-electron chi connectivity index (χ4n) is 4.34. The maximum Gasteiger partial charge on any atom is 0.305 e. The maximum absolute atomic E-state index is 11.4. The Morgan fingerprint density at radius 1 is 1.15 bits per heavy atom. The van der Waals surface area contributed by atoms with Crippen LogP contribution in [0.5, 0.6) is 0 Å². The molecule has 2 fully saturated rings. The van der Waals surface area contributed by atoms with Crippen molar-refractivity contribution < 1.29 is 9.90 Å². The Hall–Kier alpha value is -0.570. The highest BCUT2D eigenvalue weighted by Gasteiger charge is 2.41. The topological polar surface area (TPSA) is 40.5 Å². The third-order valence-corrected chi connectivity index (χ3v) is 5.49. The van der Waals surface area contributed by atoms with Gasteiger partial charge in [0, 0.05) is 5.54 Å². The minimum absolute atomic E-state index is 0.0274. The van der Waals surface area contributed by atoms with Crippen molar-refractivity contribution in [2.24, 2.45) is 5.92 Å². The van der Waals surface area contributed by atoms with Gasteiger partial charge in [-0.05, 0) is 57.5 Å². The van der Waals surface area contributed by atoms with Crippen LogP contribution in [0.15, 0.2) is 0 Å². The minimum atomic E-state index is -0.608. The zero-order chi connectivity index (χ0) is 14.4. The summed E-state index contributed by atoms with van der Waals surface area (Å²) in [6.45, 7) is 4.49. The molecule has 20 heavy (non-hydrogen) atoms. The first-order valence-corrected chi connectivity index (χ1v) is 8.63. The molecule has 1 saturated heterocycles. The molecule has 1 aliphatic heterocycles. The van der Waals surface area contributed by atoms with Crippen LogP contribution in [-0.2, 0) is 4.79 Å². The Morgan fingerprint density at radius 3 is 2.25 bits per heavy atom. The molecule has 3 nitrogen and oxygen atoms in total. The summed E-state index contributed by atoms with van der Waals surface area (Å²) in [6, 6.07) is 0. The van der Waals surface area contributed by atoms with Crippen molar-refractivity contribution >= 4 is 5.97 Å². The average Bonchev–Trinajstić information content (AvgIpc) is 2.70. The van der Waals surface area contributed by atoms with Crippen LogP contribution in [0.1, 0.15) is 77.6 Å². The Labute approximate surface area is 123 Å². The van der Waals surface area contributed by atoms with Crippen LogP contribution in [0.25, 0.3) is 0 Å². The summed E-state index contributed by atoms with van der Waals surface area (Å²) in [5, 5.41) is 9.37. The molecular formula is C17H31NO2. The van der Waals surface area contributed by atoms with E-state index in [0.717, 1.165) is 31.8 Å². The Balaban J connectivity index is 2.04. The highest BCUT2D eigenvalue weighted by molar-refractivity contribution is 5.68. The number of carbonyl (C=O) groups is 1. The average molecular weight is 281 g/mol. The Kier molecular flexibility index (Phi) is 5.88. The highest BCUT2D eigenvalue weighted by Crippen LogP contribution is 2.41. The molecule has 1 saturated carbocycles. The highest BCUT2D eigenvalue weighted by atomic mass is 16.4. The predicted octanol–water partition coefficient (Wildman–Crippen LogP) is 4.07. The number of carboxylic acid groups (broad SMARTS) is 1. The molecule has 1 aliphatic carbocycles. The van der Waals surface area contributed by atoms with Crippen LogP contribution in [-0.4, -0.2) is 34.6 Å². The van der Waals surface area contributed by atoms with Crippen molar-refractivity contribution in [3.63, 3.8) is 0 Å². The fraction of sp³-hybridized carbons (Fsp3) is 0.941. The van der Waals surface area contributed by atoms with Crippen LogP contribution in [0.3, 0.4) is 0 Å². The van der Waals surface area contributed by atoms with E-state index in [0.29, 0.717) is 6.42 Å². The predicted molar refractivity (Wildman–Crippen MR) is 81.9 cm³/mol. The van der Waals surface area contributed by atoms with Gasteiger partial charge in [-0.25, -0.2) is 0 Å². The summed E-state index contributed by atoms with van der Waals surface area (Å²) < 4.78 is 0. The fourth-order valence-corrected chi connectivity index (χ4v) is 4.34. The van der Waals surface area contributed by atoms with Gasteiger partial charge in [-0.2, -0.15) is 0 Å².